The van der Waals surface area contributed by atoms with Crippen LogP contribution >= 0.6 is 0 Å². The molecule has 3 rings (SSSR count). The number of benzene rings is 2. The second kappa shape index (κ2) is 7.59. The summed E-state index contributed by atoms with van der Waals surface area (Å²) < 4.78 is 6.14. The average molecular weight is 303 g/mol. The summed E-state index contributed by atoms with van der Waals surface area (Å²) >= 11 is 0. The smallest absolute Gasteiger partial charge is 0.136 e. The SMILES string of the molecule is CCCCN=c1cc(-c2ccccc2)oc(-c2ccccc2)c1. The zero-order chi connectivity index (χ0) is 15.9. The lowest BCUT2D eigenvalue weighted by molar-refractivity contribution is 0.579. The van der Waals surface area contributed by atoms with Gasteiger partial charge in [0.25, 0.3) is 0 Å². The van der Waals surface area contributed by atoms with Gasteiger partial charge in [-0.2, -0.15) is 0 Å². The Morgan fingerprint density at radius 3 is 1.78 bits per heavy atom. The number of unbranched alkanes of at least 4 members (excludes halogenated alkanes) is 1. The van der Waals surface area contributed by atoms with Gasteiger partial charge in [0.15, 0.2) is 0 Å². The molecule has 2 aromatic carbocycles. The Hall–Kier alpha value is -2.61. The van der Waals surface area contributed by atoms with Gasteiger partial charge < -0.3 is 4.42 Å². The van der Waals surface area contributed by atoms with Crippen LogP contribution in [0.4, 0.5) is 0 Å². The number of hydrogen-bond acceptors (Lipinski definition) is 2. The minimum absolute atomic E-state index is 0.849. The highest BCUT2D eigenvalue weighted by atomic mass is 16.3. The van der Waals surface area contributed by atoms with Crippen LogP contribution in [0.3, 0.4) is 0 Å². The fourth-order valence-corrected chi connectivity index (χ4v) is 2.43. The molecule has 0 saturated heterocycles. The van der Waals surface area contributed by atoms with E-state index in [0.717, 1.165) is 47.4 Å². The molecule has 0 fully saturated rings. The summed E-state index contributed by atoms with van der Waals surface area (Å²) in [5.41, 5.74) is 2.13. The van der Waals surface area contributed by atoms with Crippen LogP contribution in [0.25, 0.3) is 22.6 Å². The summed E-state index contributed by atoms with van der Waals surface area (Å²) in [7, 11) is 0. The monoisotopic (exact) mass is 303 g/mol. The van der Waals surface area contributed by atoms with Crippen molar-refractivity contribution >= 4 is 0 Å². The summed E-state index contributed by atoms with van der Waals surface area (Å²) in [6.07, 6.45) is 2.26. The van der Waals surface area contributed by atoms with Crippen LogP contribution in [0.5, 0.6) is 0 Å². The van der Waals surface area contributed by atoms with Crippen molar-refractivity contribution < 1.29 is 4.42 Å². The van der Waals surface area contributed by atoms with Crippen LogP contribution in [-0.2, 0) is 0 Å². The van der Waals surface area contributed by atoms with E-state index in [9.17, 15) is 0 Å². The van der Waals surface area contributed by atoms with Gasteiger partial charge in [-0.05, 0) is 6.42 Å². The quantitative estimate of drug-likeness (QED) is 0.586. The van der Waals surface area contributed by atoms with Crippen LogP contribution in [0, 0.1) is 0 Å². The molecule has 1 aromatic heterocycles. The molecular formula is C21H21NO. The fourth-order valence-electron chi connectivity index (χ4n) is 2.43. The highest BCUT2D eigenvalue weighted by molar-refractivity contribution is 5.62. The predicted molar refractivity (Wildman–Crippen MR) is 94.9 cm³/mol. The molecule has 0 radical (unpaired) electrons. The molecule has 0 spiro atoms. The zero-order valence-electron chi connectivity index (χ0n) is 13.4. The maximum atomic E-state index is 6.14. The molecule has 23 heavy (non-hydrogen) atoms. The summed E-state index contributed by atoms with van der Waals surface area (Å²) in [5, 5.41) is 0.974. The van der Waals surface area contributed by atoms with E-state index in [4.69, 9.17) is 9.41 Å². The first-order chi connectivity index (χ1) is 11.4. The Bertz CT molecular complexity index is 743. The Morgan fingerprint density at radius 2 is 1.30 bits per heavy atom. The van der Waals surface area contributed by atoms with Crippen molar-refractivity contribution in [3.63, 3.8) is 0 Å². The van der Waals surface area contributed by atoms with Crippen molar-refractivity contribution in [2.24, 2.45) is 4.99 Å². The van der Waals surface area contributed by atoms with E-state index in [-0.39, 0.29) is 0 Å². The van der Waals surface area contributed by atoms with Crippen molar-refractivity contribution in [1.82, 2.24) is 0 Å². The van der Waals surface area contributed by atoms with Crippen LogP contribution in [0.1, 0.15) is 19.8 Å². The predicted octanol–water partition coefficient (Wildman–Crippen LogP) is 5.31. The lowest BCUT2D eigenvalue weighted by Gasteiger charge is -2.06. The first kappa shape index (κ1) is 15.3. The largest absolute Gasteiger partial charge is 0.456 e. The third-order valence-corrected chi connectivity index (χ3v) is 3.70. The van der Waals surface area contributed by atoms with E-state index in [2.05, 4.69) is 31.2 Å². The third-order valence-electron chi connectivity index (χ3n) is 3.70. The lowest BCUT2D eigenvalue weighted by atomic mass is 10.1. The first-order valence-electron chi connectivity index (χ1n) is 8.13. The molecule has 0 aliphatic rings. The molecule has 116 valence electrons. The van der Waals surface area contributed by atoms with E-state index in [1.807, 2.05) is 48.5 Å². The molecule has 0 aliphatic carbocycles. The van der Waals surface area contributed by atoms with Gasteiger partial charge in [0, 0.05) is 29.8 Å². The summed E-state index contributed by atoms with van der Waals surface area (Å²) in [4.78, 5) is 4.71. The highest BCUT2D eigenvalue weighted by Gasteiger charge is 2.05. The molecule has 0 N–H and O–H groups in total. The van der Waals surface area contributed by atoms with Gasteiger partial charge in [-0.15, -0.1) is 0 Å². The van der Waals surface area contributed by atoms with Gasteiger partial charge in [0.1, 0.15) is 11.5 Å². The summed E-state index contributed by atoms with van der Waals surface area (Å²) in [6.45, 7) is 3.03. The number of hydrogen-bond donors (Lipinski definition) is 0. The first-order valence-corrected chi connectivity index (χ1v) is 8.13. The maximum absolute atomic E-state index is 6.14. The van der Waals surface area contributed by atoms with E-state index < -0.39 is 0 Å². The lowest BCUT2D eigenvalue weighted by Crippen LogP contribution is -2.03. The minimum atomic E-state index is 0.849. The average Bonchev–Trinajstić information content (AvgIpc) is 2.63. The molecule has 0 saturated carbocycles. The van der Waals surface area contributed by atoms with Gasteiger partial charge in [0.2, 0.25) is 0 Å². The van der Waals surface area contributed by atoms with Gasteiger partial charge in [-0.1, -0.05) is 74.0 Å². The van der Waals surface area contributed by atoms with Crippen LogP contribution in [0.15, 0.2) is 82.2 Å². The van der Waals surface area contributed by atoms with E-state index in [1.54, 1.807) is 0 Å². The number of nitrogens with zero attached hydrogens (tertiary/aromatic N) is 1. The maximum Gasteiger partial charge on any atom is 0.136 e. The van der Waals surface area contributed by atoms with Crippen molar-refractivity contribution in [2.45, 2.75) is 19.8 Å². The molecule has 1 heterocycles. The normalized spacial score (nSPS) is 10.5. The Labute approximate surface area is 137 Å². The minimum Gasteiger partial charge on any atom is -0.456 e. The van der Waals surface area contributed by atoms with Crippen LogP contribution in [0.2, 0.25) is 0 Å². The van der Waals surface area contributed by atoms with Crippen LogP contribution < -0.4 is 5.36 Å². The van der Waals surface area contributed by atoms with Gasteiger partial charge >= 0.3 is 0 Å². The fraction of sp³-hybridized carbons (Fsp3) is 0.190. The van der Waals surface area contributed by atoms with Crippen LogP contribution in [-0.4, -0.2) is 6.54 Å². The van der Waals surface area contributed by atoms with Crippen molar-refractivity contribution in [2.75, 3.05) is 6.54 Å². The van der Waals surface area contributed by atoms with Crippen molar-refractivity contribution in [3.05, 3.63) is 78.2 Å². The van der Waals surface area contributed by atoms with E-state index >= 15 is 0 Å². The molecule has 2 nitrogen and oxygen atoms in total. The van der Waals surface area contributed by atoms with E-state index in [1.165, 1.54) is 0 Å². The van der Waals surface area contributed by atoms with Gasteiger partial charge in [-0.3, -0.25) is 4.99 Å². The molecule has 0 atom stereocenters. The van der Waals surface area contributed by atoms with Crippen molar-refractivity contribution in [1.29, 1.82) is 0 Å². The third kappa shape index (κ3) is 3.98. The van der Waals surface area contributed by atoms with Gasteiger partial charge in [-0.25, -0.2) is 0 Å². The second-order valence-corrected chi connectivity index (χ2v) is 5.51. The standard InChI is InChI=1S/C21H21NO/c1-2-3-14-22-19-15-20(17-10-6-4-7-11-17)23-21(16-19)18-12-8-5-9-13-18/h4-13,15-16H,2-3,14H2,1H3. The Morgan fingerprint density at radius 1 is 0.783 bits per heavy atom. The molecular weight excluding hydrogens is 282 g/mol. The van der Waals surface area contributed by atoms with E-state index in [0.29, 0.717) is 0 Å². The second-order valence-electron chi connectivity index (χ2n) is 5.51. The number of rotatable bonds is 5. The topological polar surface area (TPSA) is 25.5 Å². The summed E-state index contributed by atoms with van der Waals surface area (Å²) in [5.74, 6) is 1.70. The van der Waals surface area contributed by atoms with Crippen molar-refractivity contribution in [3.8, 4) is 22.6 Å². The molecule has 0 amide bonds. The van der Waals surface area contributed by atoms with Gasteiger partial charge in [0.05, 0.1) is 5.36 Å². The molecule has 0 aliphatic heterocycles. The molecule has 0 unspecified atom stereocenters. The highest BCUT2D eigenvalue weighted by Crippen LogP contribution is 2.24. The zero-order valence-corrected chi connectivity index (χ0v) is 13.4. The molecule has 3 aromatic rings. The summed E-state index contributed by atoms with van der Waals surface area (Å²) in [6, 6.07) is 24.4. The molecule has 2 heteroatoms. The Kier molecular flexibility index (Phi) is 5.05. The molecule has 0 bridgehead atoms. The Balaban J connectivity index is 2.09.